The summed E-state index contributed by atoms with van der Waals surface area (Å²) < 4.78 is 0. The second-order valence-electron chi connectivity index (χ2n) is 5.48. The number of piperazine rings is 1. The highest BCUT2D eigenvalue weighted by molar-refractivity contribution is 5.86. The molecule has 4 nitrogen and oxygen atoms in total. The molecule has 1 saturated carbocycles. The third-order valence-corrected chi connectivity index (χ3v) is 3.94. The lowest BCUT2D eigenvalue weighted by atomic mass is 10.1. The molecule has 2 aliphatic rings. The quantitative estimate of drug-likeness (QED) is 0.855. The SMILES string of the molecule is CC1C(=O)NCCN1c1ccc(CNC2CC2)cc1. The Morgan fingerprint density at radius 2 is 2.05 bits per heavy atom. The van der Waals surface area contributed by atoms with Crippen LogP contribution in [0.4, 0.5) is 5.69 Å². The second kappa shape index (κ2) is 5.21. The summed E-state index contributed by atoms with van der Waals surface area (Å²) in [6.45, 7) is 4.51. The zero-order valence-corrected chi connectivity index (χ0v) is 11.4. The Balaban J connectivity index is 1.65. The maximum absolute atomic E-state index is 11.7. The molecule has 0 aromatic heterocycles. The smallest absolute Gasteiger partial charge is 0.242 e. The first-order chi connectivity index (χ1) is 9.24. The summed E-state index contributed by atoms with van der Waals surface area (Å²) in [5.41, 5.74) is 2.45. The average molecular weight is 259 g/mol. The second-order valence-corrected chi connectivity index (χ2v) is 5.48. The van der Waals surface area contributed by atoms with Gasteiger partial charge in [-0.25, -0.2) is 0 Å². The molecule has 0 spiro atoms. The van der Waals surface area contributed by atoms with Crippen LogP contribution in [0.3, 0.4) is 0 Å². The molecule has 3 rings (SSSR count). The van der Waals surface area contributed by atoms with Crippen LogP contribution in [-0.4, -0.2) is 31.1 Å². The lowest BCUT2D eigenvalue weighted by molar-refractivity contribution is -0.122. The number of nitrogens with zero attached hydrogens (tertiary/aromatic N) is 1. The normalized spacial score (nSPS) is 23.3. The number of hydrogen-bond donors (Lipinski definition) is 2. The summed E-state index contributed by atoms with van der Waals surface area (Å²) >= 11 is 0. The average Bonchev–Trinajstić information content (AvgIpc) is 3.25. The van der Waals surface area contributed by atoms with Crippen LogP contribution in [0.15, 0.2) is 24.3 Å². The van der Waals surface area contributed by atoms with Crippen LogP contribution in [-0.2, 0) is 11.3 Å². The van der Waals surface area contributed by atoms with Gasteiger partial charge < -0.3 is 15.5 Å². The molecular formula is C15H21N3O. The van der Waals surface area contributed by atoms with Crippen LogP contribution < -0.4 is 15.5 Å². The fraction of sp³-hybridized carbons (Fsp3) is 0.533. The Bertz CT molecular complexity index is 453. The molecule has 0 bridgehead atoms. The minimum Gasteiger partial charge on any atom is -0.358 e. The van der Waals surface area contributed by atoms with Gasteiger partial charge in [-0.3, -0.25) is 4.79 Å². The van der Waals surface area contributed by atoms with Crippen LogP contribution in [0.25, 0.3) is 0 Å². The summed E-state index contributed by atoms with van der Waals surface area (Å²) in [7, 11) is 0. The molecule has 1 aliphatic heterocycles. The molecule has 1 amide bonds. The molecule has 2 fully saturated rings. The third-order valence-electron chi connectivity index (χ3n) is 3.94. The van der Waals surface area contributed by atoms with E-state index in [0.29, 0.717) is 0 Å². The molecule has 1 heterocycles. The van der Waals surface area contributed by atoms with Crippen LogP contribution >= 0.6 is 0 Å². The van der Waals surface area contributed by atoms with Gasteiger partial charge in [-0.15, -0.1) is 0 Å². The van der Waals surface area contributed by atoms with Gasteiger partial charge in [-0.2, -0.15) is 0 Å². The molecular weight excluding hydrogens is 238 g/mol. The van der Waals surface area contributed by atoms with Crippen molar-refractivity contribution in [2.24, 2.45) is 0 Å². The topological polar surface area (TPSA) is 44.4 Å². The van der Waals surface area contributed by atoms with Gasteiger partial charge in [0, 0.05) is 31.4 Å². The van der Waals surface area contributed by atoms with Gasteiger partial charge in [0.25, 0.3) is 0 Å². The number of hydrogen-bond acceptors (Lipinski definition) is 3. The highest BCUT2D eigenvalue weighted by atomic mass is 16.2. The van der Waals surface area contributed by atoms with E-state index in [4.69, 9.17) is 0 Å². The van der Waals surface area contributed by atoms with Crippen molar-refractivity contribution in [1.82, 2.24) is 10.6 Å². The van der Waals surface area contributed by atoms with Crippen molar-refractivity contribution in [3.63, 3.8) is 0 Å². The zero-order chi connectivity index (χ0) is 13.2. The van der Waals surface area contributed by atoms with Gasteiger partial charge in [0.2, 0.25) is 5.91 Å². The van der Waals surface area contributed by atoms with E-state index in [1.54, 1.807) is 0 Å². The molecule has 102 valence electrons. The Morgan fingerprint density at radius 1 is 1.32 bits per heavy atom. The summed E-state index contributed by atoms with van der Waals surface area (Å²) in [6, 6.07) is 9.22. The van der Waals surface area contributed by atoms with Crippen LogP contribution in [0.1, 0.15) is 25.3 Å². The minimum absolute atomic E-state index is 0.0795. The molecule has 2 N–H and O–H groups in total. The Morgan fingerprint density at radius 3 is 2.74 bits per heavy atom. The first kappa shape index (κ1) is 12.5. The van der Waals surface area contributed by atoms with E-state index in [1.807, 2.05) is 6.92 Å². The lowest BCUT2D eigenvalue weighted by Gasteiger charge is -2.34. The molecule has 1 atom stereocenters. The number of carbonyl (C=O) groups excluding carboxylic acids is 1. The number of anilines is 1. The fourth-order valence-corrected chi connectivity index (χ4v) is 2.49. The molecule has 19 heavy (non-hydrogen) atoms. The van der Waals surface area contributed by atoms with E-state index < -0.39 is 0 Å². The van der Waals surface area contributed by atoms with Gasteiger partial charge in [0.1, 0.15) is 6.04 Å². The standard InChI is InChI=1S/C15H21N3O/c1-11-15(19)16-8-9-18(11)14-6-2-12(3-7-14)10-17-13-4-5-13/h2-3,6-7,11,13,17H,4-5,8-10H2,1H3,(H,16,19). The zero-order valence-electron chi connectivity index (χ0n) is 11.4. The molecule has 1 aromatic rings. The van der Waals surface area contributed by atoms with Crippen molar-refractivity contribution in [3.8, 4) is 0 Å². The van der Waals surface area contributed by atoms with Gasteiger partial charge in [-0.1, -0.05) is 12.1 Å². The number of carbonyl (C=O) groups is 1. The highest BCUT2D eigenvalue weighted by Gasteiger charge is 2.25. The number of benzene rings is 1. The first-order valence-electron chi connectivity index (χ1n) is 7.11. The minimum atomic E-state index is -0.0795. The summed E-state index contributed by atoms with van der Waals surface area (Å²) in [6.07, 6.45) is 2.64. The Hall–Kier alpha value is -1.55. The number of rotatable bonds is 4. The first-order valence-corrected chi connectivity index (χ1v) is 7.11. The molecule has 1 saturated heterocycles. The van der Waals surface area contributed by atoms with Gasteiger partial charge >= 0.3 is 0 Å². The predicted molar refractivity (Wildman–Crippen MR) is 76.1 cm³/mol. The fourth-order valence-electron chi connectivity index (χ4n) is 2.49. The van der Waals surface area contributed by atoms with Crippen LogP contribution in [0.2, 0.25) is 0 Å². The maximum atomic E-state index is 11.7. The van der Waals surface area contributed by atoms with Crippen molar-refractivity contribution in [2.75, 3.05) is 18.0 Å². The summed E-state index contributed by atoms with van der Waals surface area (Å²) in [5, 5.41) is 6.40. The highest BCUT2D eigenvalue weighted by Crippen LogP contribution is 2.21. The van der Waals surface area contributed by atoms with Crippen molar-refractivity contribution >= 4 is 11.6 Å². The predicted octanol–water partition coefficient (Wildman–Crippen LogP) is 1.26. The molecule has 1 aliphatic carbocycles. The number of nitrogens with one attached hydrogen (secondary N) is 2. The van der Waals surface area contributed by atoms with E-state index >= 15 is 0 Å². The maximum Gasteiger partial charge on any atom is 0.242 e. The van der Waals surface area contributed by atoms with Crippen LogP contribution in [0, 0.1) is 0 Å². The monoisotopic (exact) mass is 259 g/mol. The van der Waals surface area contributed by atoms with Gasteiger partial charge in [0.05, 0.1) is 0 Å². The third kappa shape index (κ3) is 2.89. The van der Waals surface area contributed by atoms with Crippen molar-refractivity contribution in [1.29, 1.82) is 0 Å². The largest absolute Gasteiger partial charge is 0.358 e. The van der Waals surface area contributed by atoms with Gasteiger partial charge in [0.15, 0.2) is 0 Å². The lowest BCUT2D eigenvalue weighted by Crippen LogP contribution is -2.54. The van der Waals surface area contributed by atoms with E-state index in [1.165, 1.54) is 18.4 Å². The Labute approximate surface area is 114 Å². The van der Waals surface area contributed by atoms with Crippen molar-refractivity contribution in [2.45, 2.75) is 38.4 Å². The van der Waals surface area contributed by atoms with E-state index in [0.717, 1.165) is 31.4 Å². The van der Waals surface area contributed by atoms with Gasteiger partial charge in [-0.05, 0) is 37.5 Å². The Kier molecular flexibility index (Phi) is 3.42. The number of amides is 1. The summed E-state index contributed by atoms with van der Waals surface area (Å²) in [5.74, 6) is 0.116. The molecule has 0 radical (unpaired) electrons. The van der Waals surface area contributed by atoms with E-state index in [-0.39, 0.29) is 11.9 Å². The summed E-state index contributed by atoms with van der Waals surface area (Å²) in [4.78, 5) is 13.8. The van der Waals surface area contributed by atoms with Crippen LogP contribution in [0.5, 0.6) is 0 Å². The van der Waals surface area contributed by atoms with E-state index in [2.05, 4.69) is 39.8 Å². The molecule has 4 heteroatoms. The van der Waals surface area contributed by atoms with E-state index in [9.17, 15) is 4.79 Å². The van der Waals surface area contributed by atoms with Crippen molar-refractivity contribution in [3.05, 3.63) is 29.8 Å². The molecule has 1 unspecified atom stereocenters. The molecule has 1 aromatic carbocycles. The van der Waals surface area contributed by atoms with Crippen molar-refractivity contribution < 1.29 is 4.79 Å².